The van der Waals surface area contributed by atoms with Gasteiger partial charge in [-0.05, 0) is 79.6 Å². The summed E-state index contributed by atoms with van der Waals surface area (Å²) in [7, 11) is 0. The first-order valence-corrected chi connectivity index (χ1v) is 14.3. The normalized spacial score (nSPS) is 26.7. The van der Waals surface area contributed by atoms with Crippen molar-refractivity contribution >= 4 is 5.91 Å². The average Bonchev–Trinajstić information content (AvgIpc) is 3.36. The summed E-state index contributed by atoms with van der Waals surface area (Å²) in [6.45, 7) is 6.96. The van der Waals surface area contributed by atoms with Crippen LogP contribution in [0.4, 0.5) is 30.7 Å². The Morgan fingerprint density at radius 1 is 1.00 bits per heavy atom. The number of hydrogen-bond acceptors (Lipinski definition) is 4. The summed E-state index contributed by atoms with van der Waals surface area (Å²) >= 11 is 0. The van der Waals surface area contributed by atoms with Gasteiger partial charge in [-0.25, -0.2) is 4.39 Å². The van der Waals surface area contributed by atoms with Gasteiger partial charge in [0.05, 0.1) is 29.3 Å². The highest BCUT2D eigenvalue weighted by atomic mass is 19.4. The van der Waals surface area contributed by atoms with Gasteiger partial charge in [0, 0.05) is 38.1 Å². The highest BCUT2D eigenvalue weighted by Gasteiger charge is 2.51. The number of amides is 1. The Balaban J connectivity index is 1.46. The number of rotatable bonds is 5. The van der Waals surface area contributed by atoms with Crippen LogP contribution in [0.2, 0.25) is 0 Å². The first-order valence-electron chi connectivity index (χ1n) is 14.3. The molecule has 0 unspecified atom stereocenters. The molecule has 2 aromatic carbocycles. The van der Waals surface area contributed by atoms with Crippen LogP contribution in [0.3, 0.4) is 0 Å². The number of carbonyl (C=O) groups is 1. The molecule has 0 radical (unpaired) electrons. The molecule has 3 aliphatic rings. The molecule has 3 heterocycles. The van der Waals surface area contributed by atoms with Crippen molar-refractivity contribution in [1.82, 2.24) is 4.90 Å². The molecule has 236 valence electrons. The van der Waals surface area contributed by atoms with Crippen molar-refractivity contribution in [2.45, 2.75) is 64.3 Å². The number of alkyl halides is 6. The molecule has 1 amide bonds. The Labute approximate surface area is 245 Å². The molecule has 3 fully saturated rings. The van der Waals surface area contributed by atoms with Crippen LogP contribution in [0.15, 0.2) is 36.4 Å². The van der Waals surface area contributed by atoms with Gasteiger partial charge in [-0.2, -0.15) is 26.3 Å². The van der Waals surface area contributed by atoms with E-state index in [1.54, 1.807) is 13.0 Å². The van der Waals surface area contributed by atoms with Crippen LogP contribution in [0.5, 0.6) is 0 Å². The molecule has 0 aliphatic carbocycles. The minimum absolute atomic E-state index is 0.00857. The van der Waals surface area contributed by atoms with Crippen LogP contribution in [-0.2, 0) is 31.4 Å². The van der Waals surface area contributed by atoms with E-state index in [1.807, 2.05) is 11.8 Å². The number of ether oxygens (including phenoxy) is 3. The highest BCUT2D eigenvalue weighted by molar-refractivity contribution is 5.82. The lowest BCUT2D eigenvalue weighted by Crippen LogP contribution is -2.44. The van der Waals surface area contributed by atoms with E-state index in [1.165, 1.54) is 19.1 Å². The van der Waals surface area contributed by atoms with E-state index in [-0.39, 0.29) is 36.0 Å². The maximum absolute atomic E-state index is 14.1. The van der Waals surface area contributed by atoms with Gasteiger partial charge >= 0.3 is 12.4 Å². The Hall–Kier alpha value is -2.70. The number of likely N-dealkylation sites (tertiary alicyclic amines) is 1. The third-order valence-corrected chi connectivity index (χ3v) is 9.13. The molecule has 0 saturated carbocycles. The second-order valence-electron chi connectivity index (χ2n) is 12.2. The maximum atomic E-state index is 14.1. The minimum Gasteiger partial charge on any atom is -0.381 e. The molecule has 3 aliphatic heterocycles. The van der Waals surface area contributed by atoms with E-state index < -0.39 is 53.0 Å². The lowest BCUT2D eigenvalue weighted by atomic mass is 9.76. The first-order chi connectivity index (χ1) is 20.1. The molecule has 0 aromatic heterocycles. The molecule has 5 nitrogen and oxygen atoms in total. The van der Waals surface area contributed by atoms with Gasteiger partial charge in [0.1, 0.15) is 5.82 Å². The van der Waals surface area contributed by atoms with E-state index >= 15 is 0 Å². The average molecular weight is 618 g/mol. The third-order valence-electron chi connectivity index (χ3n) is 9.13. The van der Waals surface area contributed by atoms with Gasteiger partial charge in [0.15, 0.2) is 6.29 Å². The van der Waals surface area contributed by atoms with Crippen LogP contribution in [0, 0.1) is 30.0 Å². The van der Waals surface area contributed by atoms with Crippen LogP contribution in [0.1, 0.15) is 66.5 Å². The summed E-state index contributed by atoms with van der Waals surface area (Å²) in [6.07, 6.45) is -11.1. The van der Waals surface area contributed by atoms with E-state index in [0.717, 1.165) is 0 Å². The number of aryl methyl sites for hydroxylation is 1. The van der Waals surface area contributed by atoms with Crippen molar-refractivity contribution < 1.29 is 49.7 Å². The molecule has 43 heavy (non-hydrogen) atoms. The van der Waals surface area contributed by atoms with Crippen LogP contribution in [0.25, 0.3) is 0 Å². The SMILES string of the molecule is Cc1cc(F)ccc1[C@@H]1[C@@H](O[C@H](C)c2cc(C(F)(F)F)cc(C(F)(F)F)c2)OC[C@@H]2CN(C(=O)C3(C)CCOCC3)C[C@H]21. The number of hydrogen-bond donors (Lipinski definition) is 0. The fourth-order valence-corrected chi connectivity index (χ4v) is 6.59. The molecule has 0 bridgehead atoms. The zero-order valence-electron chi connectivity index (χ0n) is 24.0. The number of halogens is 7. The molecule has 0 N–H and O–H groups in total. The monoisotopic (exact) mass is 617 g/mol. The van der Waals surface area contributed by atoms with Gasteiger partial charge in [0.2, 0.25) is 5.91 Å². The Morgan fingerprint density at radius 3 is 2.21 bits per heavy atom. The van der Waals surface area contributed by atoms with Gasteiger partial charge in [0.25, 0.3) is 0 Å². The van der Waals surface area contributed by atoms with Gasteiger partial charge < -0.3 is 19.1 Å². The van der Waals surface area contributed by atoms with Crippen molar-refractivity contribution in [3.05, 3.63) is 70.0 Å². The number of benzene rings is 2. The smallest absolute Gasteiger partial charge is 0.381 e. The zero-order valence-corrected chi connectivity index (χ0v) is 24.0. The van der Waals surface area contributed by atoms with Gasteiger partial charge in [-0.3, -0.25) is 4.79 Å². The zero-order chi connectivity index (χ0) is 31.3. The summed E-state index contributed by atoms with van der Waals surface area (Å²) in [6, 6.07) is 5.60. The summed E-state index contributed by atoms with van der Waals surface area (Å²) in [5.41, 5.74) is -2.48. The fourth-order valence-electron chi connectivity index (χ4n) is 6.59. The first kappa shape index (κ1) is 31.7. The van der Waals surface area contributed by atoms with E-state index in [4.69, 9.17) is 14.2 Å². The van der Waals surface area contributed by atoms with E-state index in [0.29, 0.717) is 62.4 Å². The topological polar surface area (TPSA) is 48.0 Å². The predicted molar refractivity (Wildman–Crippen MR) is 141 cm³/mol. The number of nitrogens with zero attached hydrogens (tertiary/aromatic N) is 1. The van der Waals surface area contributed by atoms with Crippen molar-refractivity contribution in [1.29, 1.82) is 0 Å². The Kier molecular flexibility index (Phi) is 8.60. The second kappa shape index (κ2) is 11.7. The number of carbonyl (C=O) groups excluding carboxylic acids is 1. The second-order valence-corrected chi connectivity index (χ2v) is 12.2. The summed E-state index contributed by atoms with van der Waals surface area (Å²) in [5.74, 6) is -1.30. The Bertz CT molecular complexity index is 1310. The summed E-state index contributed by atoms with van der Waals surface area (Å²) in [4.78, 5) is 15.5. The van der Waals surface area contributed by atoms with Crippen molar-refractivity contribution in [2.75, 3.05) is 32.9 Å². The van der Waals surface area contributed by atoms with Crippen LogP contribution >= 0.6 is 0 Å². The molecule has 0 spiro atoms. The molecular formula is C31H34F7NO4. The van der Waals surface area contributed by atoms with Gasteiger partial charge in [-0.15, -0.1) is 0 Å². The number of fused-ring (bicyclic) bond motifs is 1. The quantitative estimate of drug-likeness (QED) is 0.331. The minimum atomic E-state index is -5.00. The molecular weight excluding hydrogens is 583 g/mol. The molecule has 5 rings (SSSR count). The summed E-state index contributed by atoms with van der Waals surface area (Å²) < 4.78 is 113. The molecule has 12 heteroatoms. The molecule has 5 atom stereocenters. The Morgan fingerprint density at radius 2 is 1.63 bits per heavy atom. The fraction of sp³-hybridized carbons (Fsp3) is 0.581. The summed E-state index contributed by atoms with van der Waals surface area (Å²) in [5, 5.41) is 0. The van der Waals surface area contributed by atoms with Crippen molar-refractivity contribution in [3.8, 4) is 0 Å². The van der Waals surface area contributed by atoms with E-state index in [2.05, 4.69) is 0 Å². The van der Waals surface area contributed by atoms with Crippen LogP contribution in [-0.4, -0.2) is 50.0 Å². The molecule has 3 saturated heterocycles. The highest BCUT2D eigenvalue weighted by Crippen LogP contribution is 2.47. The third kappa shape index (κ3) is 6.56. The van der Waals surface area contributed by atoms with Crippen molar-refractivity contribution in [3.63, 3.8) is 0 Å². The molecule has 2 aromatic rings. The van der Waals surface area contributed by atoms with E-state index in [9.17, 15) is 35.5 Å². The van der Waals surface area contributed by atoms with Gasteiger partial charge in [-0.1, -0.05) is 13.0 Å². The van der Waals surface area contributed by atoms with Crippen molar-refractivity contribution in [2.24, 2.45) is 17.3 Å². The lowest BCUT2D eigenvalue weighted by Gasteiger charge is -2.41. The van der Waals surface area contributed by atoms with Crippen LogP contribution < -0.4 is 0 Å². The lowest BCUT2D eigenvalue weighted by molar-refractivity contribution is -0.217. The largest absolute Gasteiger partial charge is 0.416 e. The standard InChI is InChI=1S/C31H34F7NO4/c1-17-10-23(32)4-5-24(17)26-25-15-39(28(40)29(3)6-8-41-9-7-29)14-20(25)16-42-27(26)43-18(2)19-11-21(30(33,34)35)13-22(12-19)31(36,37)38/h4-5,10-13,18,20,25-27H,6-9,14-16H2,1-3H3/t18-,20+,25-,26+,27-/m1/s1. The maximum Gasteiger partial charge on any atom is 0.416 e. The predicted octanol–water partition coefficient (Wildman–Crippen LogP) is 7.28.